The van der Waals surface area contributed by atoms with Crippen LogP contribution in [0, 0.1) is 6.92 Å². The molecular weight excluding hydrogens is 312 g/mol. The van der Waals surface area contributed by atoms with Crippen LogP contribution in [0.2, 0.25) is 5.02 Å². The fraction of sp³-hybridized carbons (Fsp3) is 0.200. The zero-order valence-corrected chi connectivity index (χ0v) is 12.4. The number of hydrogen-bond donors (Lipinski definition) is 1. The molecule has 94 valence electrons. The Labute approximate surface area is 121 Å². The maximum absolute atomic E-state index is 10.3. The van der Waals surface area contributed by atoms with Crippen molar-refractivity contribution >= 4 is 27.5 Å². The lowest BCUT2D eigenvalue weighted by Crippen LogP contribution is -2.03. The lowest BCUT2D eigenvalue weighted by molar-refractivity contribution is 0.178. The highest BCUT2D eigenvalue weighted by atomic mass is 79.9. The van der Waals surface area contributed by atoms with Gasteiger partial charge in [0.2, 0.25) is 0 Å². The van der Waals surface area contributed by atoms with E-state index in [0.29, 0.717) is 11.4 Å². The van der Waals surface area contributed by atoms with Crippen molar-refractivity contribution in [2.24, 2.45) is 0 Å². The van der Waals surface area contributed by atoms with Gasteiger partial charge in [0.25, 0.3) is 0 Å². The summed E-state index contributed by atoms with van der Waals surface area (Å²) in [5.74, 6) is 0. The van der Waals surface area contributed by atoms with E-state index in [0.717, 1.165) is 15.6 Å². The van der Waals surface area contributed by atoms with Crippen LogP contribution < -0.4 is 0 Å². The summed E-state index contributed by atoms with van der Waals surface area (Å²) in [6.07, 6.45) is 0.000277. The molecule has 2 rings (SSSR count). The fourth-order valence-electron chi connectivity index (χ4n) is 1.93. The predicted octanol–water partition coefficient (Wildman–Crippen LogP) is 4.69. The number of benzene rings is 2. The van der Waals surface area contributed by atoms with Crippen molar-refractivity contribution in [2.75, 3.05) is 0 Å². The van der Waals surface area contributed by atoms with E-state index in [1.165, 1.54) is 5.56 Å². The average Bonchev–Trinajstić information content (AvgIpc) is 2.32. The molecule has 18 heavy (non-hydrogen) atoms. The van der Waals surface area contributed by atoms with Crippen LogP contribution in [0.3, 0.4) is 0 Å². The molecular formula is C15H14BrClO. The minimum Gasteiger partial charge on any atom is -0.388 e. The first-order chi connectivity index (χ1) is 8.58. The normalized spacial score (nSPS) is 12.4. The first-order valence-electron chi connectivity index (χ1n) is 5.75. The maximum Gasteiger partial charge on any atom is 0.0844 e. The van der Waals surface area contributed by atoms with Gasteiger partial charge in [0, 0.05) is 15.9 Å². The number of rotatable bonds is 3. The molecule has 0 fully saturated rings. The molecule has 0 saturated heterocycles. The molecule has 0 bridgehead atoms. The van der Waals surface area contributed by atoms with Crippen LogP contribution >= 0.6 is 27.5 Å². The highest BCUT2D eigenvalue weighted by Crippen LogP contribution is 2.29. The Kier molecular flexibility index (Phi) is 4.44. The van der Waals surface area contributed by atoms with Gasteiger partial charge in [0.05, 0.1) is 6.10 Å². The zero-order chi connectivity index (χ0) is 13.1. The van der Waals surface area contributed by atoms with Gasteiger partial charge in [-0.05, 0) is 35.7 Å². The second kappa shape index (κ2) is 5.87. The van der Waals surface area contributed by atoms with Crippen LogP contribution in [0.4, 0.5) is 0 Å². The molecule has 1 N–H and O–H groups in total. The van der Waals surface area contributed by atoms with Gasteiger partial charge in [-0.1, -0.05) is 57.9 Å². The molecule has 0 spiro atoms. The standard InChI is InChI=1S/C15H14BrClO/c1-10-4-2-3-5-11(10)8-15(18)13-7-6-12(16)9-14(13)17/h2-7,9,15,18H,8H2,1H3. The maximum atomic E-state index is 10.3. The molecule has 1 atom stereocenters. The van der Waals surface area contributed by atoms with Crippen LogP contribution in [0.1, 0.15) is 22.8 Å². The number of aryl methyl sites for hydroxylation is 1. The summed E-state index contributed by atoms with van der Waals surface area (Å²) in [5.41, 5.74) is 3.09. The fourth-order valence-corrected chi connectivity index (χ4v) is 2.73. The summed E-state index contributed by atoms with van der Waals surface area (Å²) in [4.78, 5) is 0. The van der Waals surface area contributed by atoms with E-state index in [9.17, 15) is 5.11 Å². The second-order valence-electron chi connectivity index (χ2n) is 4.31. The van der Waals surface area contributed by atoms with E-state index in [-0.39, 0.29) is 0 Å². The van der Waals surface area contributed by atoms with Crippen LogP contribution in [0.25, 0.3) is 0 Å². The zero-order valence-electron chi connectivity index (χ0n) is 10.0. The summed E-state index contributed by atoms with van der Waals surface area (Å²) in [7, 11) is 0. The van der Waals surface area contributed by atoms with E-state index in [1.54, 1.807) is 6.07 Å². The molecule has 0 aliphatic heterocycles. The van der Waals surface area contributed by atoms with E-state index in [2.05, 4.69) is 15.9 Å². The Hall–Kier alpha value is -0.830. The van der Waals surface area contributed by atoms with E-state index in [4.69, 9.17) is 11.6 Å². The molecule has 0 saturated carbocycles. The minimum atomic E-state index is -0.577. The molecule has 3 heteroatoms. The van der Waals surface area contributed by atoms with Crippen molar-refractivity contribution in [1.82, 2.24) is 0 Å². The largest absolute Gasteiger partial charge is 0.388 e. The highest BCUT2D eigenvalue weighted by Gasteiger charge is 2.13. The minimum absolute atomic E-state index is 0.577. The van der Waals surface area contributed by atoms with Crippen molar-refractivity contribution in [2.45, 2.75) is 19.4 Å². The quantitative estimate of drug-likeness (QED) is 0.868. The van der Waals surface area contributed by atoms with Gasteiger partial charge in [0.15, 0.2) is 0 Å². The number of aliphatic hydroxyl groups excluding tert-OH is 1. The summed E-state index contributed by atoms with van der Waals surface area (Å²) in [6.45, 7) is 2.05. The van der Waals surface area contributed by atoms with Crippen LogP contribution in [0.15, 0.2) is 46.9 Å². The van der Waals surface area contributed by atoms with Gasteiger partial charge >= 0.3 is 0 Å². The van der Waals surface area contributed by atoms with E-state index < -0.39 is 6.10 Å². The first kappa shape index (κ1) is 13.6. The highest BCUT2D eigenvalue weighted by molar-refractivity contribution is 9.10. The molecule has 0 amide bonds. The van der Waals surface area contributed by atoms with Crippen molar-refractivity contribution in [1.29, 1.82) is 0 Å². The first-order valence-corrected chi connectivity index (χ1v) is 6.92. The Morgan fingerprint density at radius 1 is 1.22 bits per heavy atom. The summed E-state index contributed by atoms with van der Waals surface area (Å²) in [5, 5.41) is 10.9. The molecule has 0 aliphatic carbocycles. The Morgan fingerprint density at radius 2 is 1.94 bits per heavy atom. The van der Waals surface area contributed by atoms with Gasteiger partial charge < -0.3 is 5.11 Å². The van der Waals surface area contributed by atoms with Crippen molar-refractivity contribution < 1.29 is 5.11 Å². The smallest absolute Gasteiger partial charge is 0.0844 e. The number of aliphatic hydroxyl groups is 1. The van der Waals surface area contributed by atoms with E-state index >= 15 is 0 Å². The van der Waals surface area contributed by atoms with Gasteiger partial charge in [0.1, 0.15) is 0 Å². The monoisotopic (exact) mass is 324 g/mol. The van der Waals surface area contributed by atoms with Crippen molar-refractivity contribution in [3.05, 3.63) is 68.7 Å². The Morgan fingerprint density at radius 3 is 2.61 bits per heavy atom. The molecule has 0 aromatic heterocycles. The third-order valence-electron chi connectivity index (χ3n) is 3.00. The predicted molar refractivity (Wildman–Crippen MR) is 79.0 cm³/mol. The topological polar surface area (TPSA) is 20.2 Å². The van der Waals surface area contributed by atoms with Crippen LogP contribution in [-0.4, -0.2) is 5.11 Å². The van der Waals surface area contributed by atoms with Crippen LogP contribution in [-0.2, 0) is 6.42 Å². The molecule has 0 heterocycles. The van der Waals surface area contributed by atoms with Gasteiger partial charge in [-0.15, -0.1) is 0 Å². The molecule has 2 aromatic carbocycles. The second-order valence-corrected chi connectivity index (χ2v) is 5.64. The van der Waals surface area contributed by atoms with Gasteiger partial charge in [-0.25, -0.2) is 0 Å². The average molecular weight is 326 g/mol. The molecule has 1 nitrogen and oxygen atoms in total. The summed E-state index contributed by atoms with van der Waals surface area (Å²) < 4.78 is 0.916. The number of hydrogen-bond acceptors (Lipinski definition) is 1. The van der Waals surface area contributed by atoms with E-state index in [1.807, 2.05) is 43.3 Å². The Bertz CT molecular complexity index is 554. The molecule has 0 aliphatic rings. The lowest BCUT2D eigenvalue weighted by atomic mass is 9.98. The van der Waals surface area contributed by atoms with Crippen LogP contribution in [0.5, 0.6) is 0 Å². The molecule has 1 unspecified atom stereocenters. The van der Waals surface area contributed by atoms with Gasteiger partial charge in [-0.3, -0.25) is 0 Å². The molecule has 0 radical (unpaired) electrons. The van der Waals surface area contributed by atoms with Gasteiger partial charge in [-0.2, -0.15) is 0 Å². The molecule has 2 aromatic rings. The van der Waals surface area contributed by atoms with Crippen molar-refractivity contribution in [3.63, 3.8) is 0 Å². The number of halogens is 2. The SMILES string of the molecule is Cc1ccccc1CC(O)c1ccc(Br)cc1Cl. The lowest BCUT2D eigenvalue weighted by Gasteiger charge is -2.14. The Balaban J connectivity index is 2.22. The third kappa shape index (κ3) is 3.14. The summed E-state index contributed by atoms with van der Waals surface area (Å²) in [6, 6.07) is 13.6. The van der Waals surface area contributed by atoms with Crippen molar-refractivity contribution in [3.8, 4) is 0 Å². The third-order valence-corrected chi connectivity index (χ3v) is 3.82. The summed E-state index contributed by atoms with van der Waals surface area (Å²) >= 11 is 9.50.